The Morgan fingerprint density at radius 3 is 2.46 bits per heavy atom. The highest BCUT2D eigenvalue weighted by molar-refractivity contribution is 7.89. The van der Waals surface area contributed by atoms with E-state index in [4.69, 9.17) is 30.6 Å². The molecular formula is C26H29ClF3N3O5S. The number of nitrogens with zero attached hydrogens (tertiary/aromatic N) is 2. The van der Waals surface area contributed by atoms with E-state index >= 15 is 0 Å². The maximum atomic E-state index is 12.6. The van der Waals surface area contributed by atoms with Crippen LogP contribution in [-0.4, -0.2) is 57.8 Å². The Labute approximate surface area is 229 Å². The number of aromatic nitrogens is 1. The molecule has 0 bridgehead atoms. The molecule has 0 aliphatic carbocycles. The monoisotopic (exact) mass is 587 g/mol. The van der Waals surface area contributed by atoms with E-state index in [2.05, 4.69) is 9.88 Å². The minimum absolute atomic E-state index is 0.00126. The van der Waals surface area contributed by atoms with Crippen LogP contribution in [0.4, 0.5) is 13.2 Å². The molecule has 0 spiro atoms. The number of likely N-dealkylation sites (tertiary alicyclic amines) is 1. The van der Waals surface area contributed by atoms with Crippen LogP contribution in [0.2, 0.25) is 5.02 Å². The molecule has 1 aliphatic heterocycles. The molecule has 1 aliphatic rings. The first-order chi connectivity index (χ1) is 18.4. The van der Waals surface area contributed by atoms with Crippen molar-refractivity contribution in [1.29, 1.82) is 0 Å². The number of oxazole rings is 1. The average Bonchev–Trinajstić information content (AvgIpc) is 3.31. The molecule has 2 aromatic carbocycles. The molecular weight excluding hydrogens is 559 g/mol. The van der Waals surface area contributed by atoms with Crippen LogP contribution in [0.1, 0.15) is 35.9 Å². The number of benzene rings is 2. The fourth-order valence-electron chi connectivity index (χ4n) is 4.52. The highest BCUT2D eigenvalue weighted by Crippen LogP contribution is 2.34. The zero-order valence-electron chi connectivity index (χ0n) is 21.2. The van der Waals surface area contributed by atoms with Gasteiger partial charge in [-0.1, -0.05) is 17.7 Å². The predicted octanol–water partition coefficient (Wildman–Crippen LogP) is 5.15. The number of hydrogen-bond donors (Lipinski definition) is 1. The number of halogens is 4. The molecule has 4 rings (SSSR count). The van der Waals surface area contributed by atoms with Crippen molar-refractivity contribution in [2.24, 2.45) is 5.14 Å². The number of methoxy groups -OCH3 is 1. The van der Waals surface area contributed by atoms with Crippen molar-refractivity contribution >= 4 is 21.6 Å². The van der Waals surface area contributed by atoms with Gasteiger partial charge in [0.15, 0.2) is 11.7 Å². The van der Waals surface area contributed by atoms with Crippen LogP contribution in [-0.2, 0) is 27.8 Å². The third kappa shape index (κ3) is 7.95. The van der Waals surface area contributed by atoms with Crippen molar-refractivity contribution in [1.82, 2.24) is 9.88 Å². The molecule has 3 aromatic rings. The molecule has 39 heavy (non-hydrogen) atoms. The Bertz CT molecular complexity index is 1370. The van der Waals surface area contributed by atoms with E-state index in [1.807, 2.05) is 6.07 Å². The molecule has 1 saturated heterocycles. The summed E-state index contributed by atoms with van der Waals surface area (Å²) in [5, 5.41) is 5.84. The van der Waals surface area contributed by atoms with E-state index in [0.717, 1.165) is 31.5 Å². The predicted molar refractivity (Wildman–Crippen MR) is 139 cm³/mol. The zero-order chi connectivity index (χ0) is 28.2. The van der Waals surface area contributed by atoms with Crippen molar-refractivity contribution in [3.05, 3.63) is 64.6 Å². The molecule has 1 fully saturated rings. The number of nitrogens with two attached hydrogens (primary N) is 1. The van der Waals surface area contributed by atoms with Gasteiger partial charge in [-0.2, -0.15) is 13.2 Å². The standard InChI is InChI=1S/C26H29ClF3N3O5S/c1-36-22-7-2-17(14-23(22)39(31,34)35)8-11-33-12-9-19(10-13-33)25-32-21(15-37-16-26(28,29)30)24(38-25)18-3-5-20(27)6-4-18/h2-7,14,19H,8-13,15-16H2,1H3,(H2,31,34,35). The molecule has 13 heteroatoms. The van der Waals surface area contributed by atoms with Gasteiger partial charge in [0, 0.05) is 23.0 Å². The molecule has 0 amide bonds. The van der Waals surface area contributed by atoms with Crippen LogP contribution in [0.15, 0.2) is 51.8 Å². The molecule has 0 atom stereocenters. The summed E-state index contributed by atoms with van der Waals surface area (Å²) < 4.78 is 77.7. The van der Waals surface area contributed by atoms with E-state index in [1.54, 1.807) is 30.3 Å². The Hall–Kier alpha value is -2.64. The van der Waals surface area contributed by atoms with Crippen LogP contribution < -0.4 is 9.88 Å². The molecule has 0 saturated carbocycles. The van der Waals surface area contributed by atoms with Gasteiger partial charge in [0.2, 0.25) is 10.0 Å². The fraction of sp³-hybridized carbons (Fsp3) is 0.423. The summed E-state index contributed by atoms with van der Waals surface area (Å²) in [4.78, 5) is 6.74. The largest absolute Gasteiger partial charge is 0.495 e. The Morgan fingerprint density at radius 1 is 1.15 bits per heavy atom. The smallest absolute Gasteiger partial charge is 0.411 e. The lowest BCUT2D eigenvalue weighted by Gasteiger charge is -2.30. The molecule has 1 aromatic heterocycles. The first kappa shape index (κ1) is 29.3. The number of ether oxygens (including phenoxy) is 2. The number of sulfonamides is 1. The van der Waals surface area contributed by atoms with Crippen LogP contribution in [0.3, 0.4) is 0 Å². The molecule has 0 radical (unpaired) electrons. The Kier molecular flexibility index (Phi) is 9.22. The highest BCUT2D eigenvalue weighted by atomic mass is 35.5. The topological polar surface area (TPSA) is 108 Å². The molecule has 212 valence electrons. The number of primary sulfonamides is 1. The third-order valence-corrected chi connectivity index (χ3v) is 7.70. The summed E-state index contributed by atoms with van der Waals surface area (Å²) in [5.41, 5.74) is 1.79. The quantitative estimate of drug-likeness (QED) is 0.349. The van der Waals surface area contributed by atoms with Gasteiger partial charge in [-0.3, -0.25) is 0 Å². The van der Waals surface area contributed by atoms with Crippen LogP contribution in [0.25, 0.3) is 11.3 Å². The minimum atomic E-state index is -4.44. The second kappa shape index (κ2) is 12.3. The second-order valence-electron chi connectivity index (χ2n) is 9.34. The average molecular weight is 588 g/mol. The number of rotatable bonds is 10. The summed E-state index contributed by atoms with van der Waals surface area (Å²) >= 11 is 5.98. The van der Waals surface area contributed by atoms with E-state index in [1.165, 1.54) is 13.2 Å². The summed E-state index contributed by atoms with van der Waals surface area (Å²) in [6.07, 6.45) is -2.33. The third-order valence-electron chi connectivity index (χ3n) is 6.51. The zero-order valence-corrected chi connectivity index (χ0v) is 22.8. The highest BCUT2D eigenvalue weighted by Gasteiger charge is 2.30. The van der Waals surface area contributed by atoms with Gasteiger partial charge in [-0.25, -0.2) is 18.5 Å². The van der Waals surface area contributed by atoms with Crippen molar-refractivity contribution < 1.29 is 35.5 Å². The number of hydrogen-bond acceptors (Lipinski definition) is 7. The van der Waals surface area contributed by atoms with Gasteiger partial charge < -0.3 is 18.8 Å². The van der Waals surface area contributed by atoms with Gasteiger partial charge in [0.1, 0.15) is 22.9 Å². The van der Waals surface area contributed by atoms with Crippen molar-refractivity contribution in [3.63, 3.8) is 0 Å². The molecule has 8 nitrogen and oxygen atoms in total. The van der Waals surface area contributed by atoms with Gasteiger partial charge in [-0.15, -0.1) is 0 Å². The maximum Gasteiger partial charge on any atom is 0.411 e. The minimum Gasteiger partial charge on any atom is -0.495 e. The van der Waals surface area contributed by atoms with Crippen LogP contribution in [0, 0.1) is 0 Å². The summed E-state index contributed by atoms with van der Waals surface area (Å²) in [6.45, 7) is 0.507. The summed E-state index contributed by atoms with van der Waals surface area (Å²) in [5.74, 6) is 1.04. The van der Waals surface area contributed by atoms with Gasteiger partial charge in [-0.05, 0) is 74.3 Å². The van der Waals surface area contributed by atoms with Gasteiger partial charge in [0.05, 0.1) is 13.7 Å². The fourth-order valence-corrected chi connectivity index (χ4v) is 5.40. The second-order valence-corrected chi connectivity index (χ2v) is 11.3. The summed E-state index contributed by atoms with van der Waals surface area (Å²) in [7, 11) is -2.53. The van der Waals surface area contributed by atoms with Crippen LogP contribution >= 0.6 is 11.6 Å². The lowest BCUT2D eigenvalue weighted by atomic mass is 9.96. The first-order valence-electron chi connectivity index (χ1n) is 12.2. The van der Waals surface area contributed by atoms with Gasteiger partial charge in [0.25, 0.3) is 0 Å². The first-order valence-corrected chi connectivity index (χ1v) is 14.2. The van der Waals surface area contributed by atoms with E-state index in [9.17, 15) is 21.6 Å². The summed E-state index contributed by atoms with van der Waals surface area (Å²) in [6, 6.07) is 11.7. The molecule has 2 heterocycles. The molecule has 2 N–H and O–H groups in total. The van der Waals surface area contributed by atoms with Crippen molar-refractivity contribution in [2.45, 2.75) is 42.9 Å². The van der Waals surface area contributed by atoms with Crippen molar-refractivity contribution in [2.75, 3.05) is 33.4 Å². The van der Waals surface area contributed by atoms with E-state index in [0.29, 0.717) is 40.9 Å². The number of piperidine rings is 1. The Balaban J connectivity index is 1.40. The van der Waals surface area contributed by atoms with Crippen molar-refractivity contribution in [3.8, 4) is 17.1 Å². The maximum absolute atomic E-state index is 12.6. The van der Waals surface area contributed by atoms with Gasteiger partial charge >= 0.3 is 6.18 Å². The number of alkyl halides is 3. The Morgan fingerprint density at radius 2 is 1.85 bits per heavy atom. The normalized spacial score (nSPS) is 15.5. The van der Waals surface area contributed by atoms with E-state index < -0.39 is 22.8 Å². The lowest BCUT2D eigenvalue weighted by Crippen LogP contribution is -2.34. The lowest BCUT2D eigenvalue weighted by molar-refractivity contribution is -0.176. The van der Waals surface area contributed by atoms with E-state index in [-0.39, 0.29) is 23.2 Å². The molecule has 0 unspecified atom stereocenters. The van der Waals surface area contributed by atoms with Crippen LogP contribution in [0.5, 0.6) is 5.75 Å². The SMILES string of the molecule is COc1ccc(CCN2CCC(c3nc(COCC(F)(F)F)c(-c4ccc(Cl)cc4)o3)CC2)cc1S(N)(=O)=O.